The van der Waals surface area contributed by atoms with Gasteiger partial charge in [0.05, 0.1) is 30.3 Å². The number of aromatic nitrogens is 5. The molecule has 1 aliphatic carbocycles. The fourth-order valence-corrected chi connectivity index (χ4v) is 5.59. The minimum Gasteiger partial charge on any atom is -0.399 e. The first-order valence-corrected chi connectivity index (χ1v) is 12.7. The summed E-state index contributed by atoms with van der Waals surface area (Å²) in [5.74, 6) is 0.949. The Kier molecular flexibility index (Phi) is 5.72. The number of likely N-dealkylation sites (tertiary alicyclic amines) is 1. The molecule has 4 heterocycles. The Bertz CT molecular complexity index is 1340. The number of carbonyl (C=O) groups excluding carboxylic acids is 1. The fraction of sp³-hybridized carbons (Fsp3) is 0.407. The van der Waals surface area contributed by atoms with E-state index in [1.165, 1.54) is 25.7 Å². The van der Waals surface area contributed by atoms with Crippen molar-refractivity contribution in [1.82, 2.24) is 29.3 Å². The number of piperidine rings is 1. The Labute approximate surface area is 204 Å². The van der Waals surface area contributed by atoms with Gasteiger partial charge in [-0.05, 0) is 49.8 Å². The number of hydrogen-bond donors (Lipinski definition) is 1. The Balaban J connectivity index is 1.13. The predicted octanol–water partition coefficient (Wildman–Crippen LogP) is 4.59. The van der Waals surface area contributed by atoms with Crippen LogP contribution < -0.4 is 5.73 Å². The number of nitrogens with zero attached hydrogens (tertiary/aromatic N) is 6. The lowest BCUT2D eigenvalue weighted by Gasteiger charge is -2.32. The molecule has 1 saturated carbocycles. The Morgan fingerprint density at radius 1 is 0.943 bits per heavy atom. The highest BCUT2D eigenvalue weighted by molar-refractivity contribution is 5.76. The molecule has 2 aliphatic rings. The fourth-order valence-electron chi connectivity index (χ4n) is 5.59. The molecular weight excluding hydrogens is 438 g/mol. The molecule has 8 heteroatoms. The maximum atomic E-state index is 12.7. The zero-order valence-corrected chi connectivity index (χ0v) is 19.9. The molecule has 3 aromatic heterocycles. The normalized spacial score (nSPS) is 17.4. The van der Waals surface area contributed by atoms with E-state index in [1.807, 2.05) is 53.4 Å². The van der Waals surface area contributed by atoms with E-state index in [-0.39, 0.29) is 0 Å². The Morgan fingerprint density at radius 3 is 2.54 bits per heavy atom. The van der Waals surface area contributed by atoms with Crippen molar-refractivity contribution < 1.29 is 4.79 Å². The quantitative estimate of drug-likeness (QED) is 0.432. The summed E-state index contributed by atoms with van der Waals surface area (Å²) in [5, 5.41) is 9.31. The first kappa shape index (κ1) is 21.8. The van der Waals surface area contributed by atoms with Crippen molar-refractivity contribution in [2.24, 2.45) is 5.92 Å². The molecule has 6 rings (SSSR count). The monoisotopic (exact) mass is 469 g/mol. The second-order valence-electron chi connectivity index (χ2n) is 9.96. The van der Waals surface area contributed by atoms with Gasteiger partial charge in [-0.2, -0.15) is 10.2 Å². The molecule has 1 saturated heterocycles. The van der Waals surface area contributed by atoms with Crippen LogP contribution in [0.3, 0.4) is 0 Å². The van der Waals surface area contributed by atoms with Crippen molar-refractivity contribution in [1.29, 1.82) is 0 Å². The van der Waals surface area contributed by atoms with Gasteiger partial charge >= 0.3 is 0 Å². The van der Waals surface area contributed by atoms with Crippen LogP contribution in [0.15, 0.2) is 55.1 Å². The van der Waals surface area contributed by atoms with E-state index in [2.05, 4.69) is 31.0 Å². The molecule has 180 valence electrons. The number of imidazole rings is 1. The standard InChI is InChI=1S/C27H31N7O/c28-23-7-3-6-20(13-23)25-17-29-26-14-21(15-31-34(25)26)22-16-30-33(18-22)24-8-10-32(11-9-24)27(35)12-19-4-1-2-5-19/h3,6-7,13-19,24H,1-2,4-5,8-12,28H2. The molecular formula is C27H31N7O. The minimum atomic E-state index is 0.317. The average molecular weight is 470 g/mol. The minimum absolute atomic E-state index is 0.317. The van der Waals surface area contributed by atoms with Crippen molar-refractivity contribution in [3.05, 3.63) is 55.1 Å². The number of anilines is 1. The van der Waals surface area contributed by atoms with Gasteiger partial charge in [-0.3, -0.25) is 9.48 Å². The van der Waals surface area contributed by atoms with Crippen molar-refractivity contribution in [3.8, 4) is 22.4 Å². The molecule has 0 unspecified atom stereocenters. The number of hydrogen-bond acceptors (Lipinski definition) is 5. The van der Waals surface area contributed by atoms with Gasteiger partial charge in [0.15, 0.2) is 5.65 Å². The third-order valence-corrected chi connectivity index (χ3v) is 7.61. The Morgan fingerprint density at radius 2 is 1.74 bits per heavy atom. The molecule has 4 aromatic rings. The van der Waals surface area contributed by atoms with Gasteiger partial charge in [0.1, 0.15) is 0 Å². The summed E-state index contributed by atoms with van der Waals surface area (Å²) < 4.78 is 3.89. The average Bonchev–Trinajstić information content (AvgIpc) is 3.64. The van der Waals surface area contributed by atoms with Crippen LogP contribution in [0.2, 0.25) is 0 Å². The van der Waals surface area contributed by atoms with Crippen LogP contribution in [0.4, 0.5) is 5.69 Å². The maximum Gasteiger partial charge on any atom is 0.222 e. The maximum absolute atomic E-state index is 12.7. The van der Waals surface area contributed by atoms with Gasteiger partial charge in [0.25, 0.3) is 0 Å². The summed E-state index contributed by atoms with van der Waals surface area (Å²) in [6.07, 6.45) is 15.3. The van der Waals surface area contributed by atoms with E-state index in [0.29, 0.717) is 23.6 Å². The highest BCUT2D eigenvalue weighted by Gasteiger charge is 2.27. The van der Waals surface area contributed by atoms with Crippen LogP contribution in [0.1, 0.15) is 51.0 Å². The Hall–Kier alpha value is -3.68. The summed E-state index contributed by atoms with van der Waals surface area (Å²) >= 11 is 0. The third kappa shape index (κ3) is 4.40. The summed E-state index contributed by atoms with van der Waals surface area (Å²) in [7, 11) is 0. The van der Waals surface area contributed by atoms with E-state index >= 15 is 0 Å². The number of nitrogens with two attached hydrogens (primary N) is 1. The zero-order valence-electron chi connectivity index (χ0n) is 19.9. The number of rotatable bonds is 5. The van der Waals surface area contributed by atoms with E-state index in [4.69, 9.17) is 5.73 Å². The van der Waals surface area contributed by atoms with Crippen LogP contribution in [0.5, 0.6) is 0 Å². The van der Waals surface area contributed by atoms with Gasteiger partial charge < -0.3 is 10.6 Å². The van der Waals surface area contributed by atoms with Crippen molar-refractivity contribution in [3.63, 3.8) is 0 Å². The SMILES string of the molecule is Nc1cccc(-c2cnc3cc(-c4cnn(C5CCN(C(=O)CC6CCCC6)CC5)c4)cnn23)c1. The van der Waals surface area contributed by atoms with Crippen LogP contribution >= 0.6 is 0 Å². The summed E-state index contributed by atoms with van der Waals surface area (Å²) in [5.41, 5.74) is 11.3. The number of fused-ring (bicyclic) bond motifs is 1. The number of amides is 1. The second-order valence-corrected chi connectivity index (χ2v) is 9.96. The molecule has 35 heavy (non-hydrogen) atoms. The van der Waals surface area contributed by atoms with Crippen LogP contribution in [0.25, 0.3) is 28.0 Å². The zero-order chi connectivity index (χ0) is 23.8. The molecule has 2 N–H and O–H groups in total. The van der Waals surface area contributed by atoms with Crippen LogP contribution in [0, 0.1) is 5.92 Å². The molecule has 0 bridgehead atoms. The molecule has 0 radical (unpaired) electrons. The van der Waals surface area contributed by atoms with E-state index < -0.39 is 0 Å². The highest BCUT2D eigenvalue weighted by atomic mass is 16.2. The molecule has 0 spiro atoms. The number of carbonyl (C=O) groups is 1. The van der Waals surface area contributed by atoms with Gasteiger partial charge in [-0.15, -0.1) is 0 Å². The molecule has 1 aromatic carbocycles. The van der Waals surface area contributed by atoms with Crippen LogP contribution in [-0.2, 0) is 4.79 Å². The predicted molar refractivity (Wildman–Crippen MR) is 135 cm³/mol. The lowest BCUT2D eigenvalue weighted by atomic mass is 10.0. The summed E-state index contributed by atoms with van der Waals surface area (Å²) in [6.45, 7) is 1.64. The summed E-state index contributed by atoms with van der Waals surface area (Å²) in [6, 6.07) is 10.1. The van der Waals surface area contributed by atoms with Crippen molar-refractivity contribution in [2.45, 2.75) is 51.0 Å². The largest absolute Gasteiger partial charge is 0.399 e. The van der Waals surface area contributed by atoms with Crippen molar-refractivity contribution >= 4 is 17.2 Å². The molecule has 8 nitrogen and oxygen atoms in total. The molecule has 1 aliphatic heterocycles. The van der Waals surface area contributed by atoms with Crippen LogP contribution in [-0.4, -0.2) is 48.3 Å². The first-order chi connectivity index (χ1) is 17.1. The van der Waals surface area contributed by atoms with Gasteiger partial charge in [0.2, 0.25) is 5.91 Å². The van der Waals surface area contributed by atoms with E-state index in [1.54, 1.807) is 0 Å². The topological polar surface area (TPSA) is 94.3 Å². The van der Waals surface area contributed by atoms with Gasteiger partial charge in [-0.25, -0.2) is 9.50 Å². The van der Waals surface area contributed by atoms with Gasteiger partial charge in [0, 0.05) is 48.1 Å². The lowest BCUT2D eigenvalue weighted by molar-refractivity contribution is -0.133. The first-order valence-electron chi connectivity index (χ1n) is 12.7. The number of nitrogen functional groups attached to an aromatic ring is 1. The van der Waals surface area contributed by atoms with E-state index in [9.17, 15) is 4.79 Å². The highest BCUT2D eigenvalue weighted by Crippen LogP contribution is 2.30. The van der Waals surface area contributed by atoms with Crippen molar-refractivity contribution in [2.75, 3.05) is 18.8 Å². The van der Waals surface area contributed by atoms with E-state index in [0.717, 1.165) is 60.4 Å². The smallest absolute Gasteiger partial charge is 0.222 e. The summed E-state index contributed by atoms with van der Waals surface area (Å²) in [4.78, 5) is 19.3. The molecule has 1 amide bonds. The number of benzene rings is 1. The molecule has 2 fully saturated rings. The lowest BCUT2D eigenvalue weighted by Crippen LogP contribution is -2.39. The third-order valence-electron chi connectivity index (χ3n) is 7.61. The van der Waals surface area contributed by atoms with Gasteiger partial charge in [-0.1, -0.05) is 25.0 Å². The second kappa shape index (κ2) is 9.17. The molecule has 0 atom stereocenters.